The van der Waals surface area contributed by atoms with Crippen molar-refractivity contribution in [1.82, 2.24) is 19.9 Å². The summed E-state index contributed by atoms with van der Waals surface area (Å²) in [5.74, 6) is -0.231. The first kappa shape index (κ1) is 25.6. The number of hydrogen-bond donors (Lipinski definition) is 1. The Balaban J connectivity index is 1.53. The highest BCUT2D eigenvalue weighted by Gasteiger charge is 2.23. The summed E-state index contributed by atoms with van der Waals surface area (Å²) in [6, 6.07) is 14.9. The summed E-state index contributed by atoms with van der Waals surface area (Å²) in [5, 5.41) is 3.59. The number of rotatable bonds is 6. The van der Waals surface area contributed by atoms with E-state index in [1.54, 1.807) is 37.7 Å². The molecule has 10 heteroatoms. The molecule has 0 unspecified atom stereocenters. The van der Waals surface area contributed by atoms with Crippen LogP contribution in [0.4, 0.5) is 26.0 Å². The number of fused-ring (bicyclic) bond motifs is 1. The second-order valence-corrected chi connectivity index (χ2v) is 9.31. The van der Waals surface area contributed by atoms with Crippen molar-refractivity contribution in [3.63, 3.8) is 0 Å². The van der Waals surface area contributed by atoms with E-state index in [-0.39, 0.29) is 10.9 Å². The molecular formula is C30H26F2N6O2. The molecule has 0 bridgehead atoms. The summed E-state index contributed by atoms with van der Waals surface area (Å²) in [4.78, 5) is 20.6. The Hall–Kier alpha value is -4.70. The number of nitrogens with zero attached hydrogens (tertiary/aromatic N) is 5. The third-order valence-electron chi connectivity index (χ3n) is 6.85. The van der Waals surface area contributed by atoms with Crippen LogP contribution in [0.15, 0.2) is 67.0 Å². The van der Waals surface area contributed by atoms with Gasteiger partial charge in [-0.25, -0.2) is 13.8 Å². The Labute approximate surface area is 229 Å². The highest BCUT2D eigenvalue weighted by atomic mass is 19.1. The molecule has 1 N–H and O–H groups in total. The zero-order valence-corrected chi connectivity index (χ0v) is 22.0. The maximum atomic E-state index is 15.3. The Kier molecular flexibility index (Phi) is 6.91. The molecule has 8 nitrogen and oxygen atoms in total. The molecule has 1 fully saturated rings. The molecule has 0 saturated carbocycles. The predicted octanol–water partition coefficient (Wildman–Crippen LogP) is 5.93. The molecule has 0 spiro atoms. The van der Waals surface area contributed by atoms with Gasteiger partial charge in [-0.05, 0) is 37.3 Å². The molecular weight excluding hydrogens is 514 g/mol. The summed E-state index contributed by atoms with van der Waals surface area (Å²) < 4.78 is 40.6. The summed E-state index contributed by atoms with van der Waals surface area (Å²) in [5.41, 5.74) is 4.41. The van der Waals surface area contributed by atoms with E-state index in [0.29, 0.717) is 72.0 Å². The summed E-state index contributed by atoms with van der Waals surface area (Å²) in [6.45, 7) is 4.34. The third kappa shape index (κ3) is 4.77. The fraction of sp³-hybridized carbons (Fsp3) is 0.200. The van der Waals surface area contributed by atoms with Gasteiger partial charge >= 0.3 is 0 Å². The predicted molar refractivity (Wildman–Crippen MR) is 150 cm³/mol. The van der Waals surface area contributed by atoms with E-state index in [2.05, 4.69) is 20.2 Å². The summed E-state index contributed by atoms with van der Waals surface area (Å²) >= 11 is 0. The summed E-state index contributed by atoms with van der Waals surface area (Å²) in [6.07, 6.45) is 3.35. The number of pyridine rings is 4. The molecule has 40 heavy (non-hydrogen) atoms. The van der Waals surface area contributed by atoms with Crippen LogP contribution in [0.2, 0.25) is 0 Å². The quantitative estimate of drug-likeness (QED) is 0.284. The van der Waals surface area contributed by atoms with Gasteiger partial charge in [0.05, 0.1) is 59.7 Å². The number of ether oxygens (including phenoxy) is 2. The minimum absolute atomic E-state index is 0.176. The monoisotopic (exact) mass is 540 g/mol. The molecule has 0 atom stereocenters. The number of aromatic nitrogens is 4. The molecule has 5 aromatic rings. The number of benzene rings is 1. The van der Waals surface area contributed by atoms with Gasteiger partial charge in [-0.3, -0.25) is 9.97 Å². The molecule has 1 aromatic carbocycles. The number of methoxy groups -OCH3 is 1. The molecule has 0 radical (unpaired) electrons. The van der Waals surface area contributed by atoms with Crippen molar-refractivity contribution in [2.45, 2.75) is 6.92 Å². The molecule has 1 aliphatic heterocycles. The molecule has 4 aromatic heterocycles. The van der Waals surface area contributed by atoms with E-state index in [4.69, 9.17) is 19.4 Å². The Morgan fingerprint density at radius 1 is 0.925 bits per heavy atom. The smallest absolute Gasteiger partial charge is 0.214 e. The maximum Gasteiger partial charge on any atom is 0.214 e. The highest BCUT2D eigenvalue weighted by Crippen LogP contribution is 2.40. The van der Waals surface area contributed by atoms with Gasteiger partial charge in [0.25, 0.3) is 0 Å². The van der Waals surface area contributed by atoms with E-state index in [1.165, 1.54) is 6.07 Å². The molecule has 1 saturated heterocycles. The van der Waals surface area contributed by atoms with E-state index < -0.39 is 11.6 Å². The van der Waals surface area contributed by atoms with Crippen LogP contribution in [-0.2, 0) is 4.74 Å². The van der Waals surface area contributed by atoms with Crippen molar-refractivity contribution >= 4 is 28.1 Å². The highest BCUT2D eigenvalue weighted by molar-refractivity contribution is 5.99. The molecule has 1 aliphatic rings. The fourth-order valence-corrected chi connectivity index (χ4v) is 4.92. The lowest BCUT2D eigenvalue weighted by molar-refractivity contribution is 0.122. The number of hydrogen-bond acceptors (Lipinski definition) is 8. The van der Waals surface area contributed by atoms with Gasteiger partial charge < -0.3 is 19.7 Å². The van der Waals surface area contributed by atoms with Crippen LogP contribution >= 0.6 is 0 Å². The first-order valence-corrected chi connectivity index (χ1v) is 12.8. The standard InChI is InChI=1S/C30H26F2N6O2/c1-18-27(22-6-3-4-10-33-22)36-24-17-19(31)16-21(32)26(24)28(18)35-23-7-5-11-34-29(23)20-8-9-25(39-2)37-30(20)38-12-14-40-15-13-38/h3-11,16-17H,12-15H2,1-2H3,(H,35,36). The second kappa shape index (κ2) is 10.8. The van der Waals surface area contributed by atoms with Crippen LogP contribution in [0, 0.1) is 18.6 Å². The van der Waals surface area contributed by atoms with Crippen molar-refractivity contribution in [3.05, 3.63) is 84.2 Å². The van der Waals surface area contributed by atoms with E-state index >= 15 is 4.39 Å². The van der Waals surface area contributed by atoms with Gasteiger partial charge in [0.15, 0.2) is 0 Å². The van der Waals surface area contributed by atoms with Gasteiger partial charge in [0.1, 0.15) is 17.5 Å². The van der Waals surface area contributed by atoms with Gasteiger partial charge in [-0.2, -0.15) is 4.98 Å². The lowest BCUT2D eigenvalue weighted by Gasteiger charge is -2.30. The normalized spacial score (nSPS) is 13.4. The zero-order chi connectivity index (χ0) is 27.6. The lowest BCUT2D eigenvalue weighted by atomic mass is 10.0. The number of anilines is 3. The Bertz CT molecular complexity index is 1690. The molecule has 0 aliphatic carbocycles. The van der Waals surface area contributed by atoms with Crippen LogP contribution in [0.3, 0.4) is 0 Å². The lowest BCUT2D eigenvalue weighted by Crippen LogP contribution is -2.37. The van der Waals surface area contributed by atoms with Crippen molar-refractivity contribution in [2.75, 3.05) is 43.6 Å². The van der Waals surface area contributed by atoms with Crippen molar-refractivity contribution in [3.8, 4) is 28.5 Å². The van der Waals surface area contributed by atoms with Crippen molar-refractivity contribution in [2.24, 2.45) is 0 Å². The summed E-state index contributed by atoms with van der Waals surface area (Å²) in [7, 11) is 1.58. The molecule has 5 heterocycles. The van der Waals surface area contributed by atoms with Crippen LogP contribution < -0.4 is 15.0 Å². The van der Waals surface area contributed by atoms with E-state index in [0.717, 1.165) is 11.6 Å². The van der Waals surface area contributed by atoms with Gasteiger partial charge in [0, 0.05) is 54.8 Å². The average Bonchev–Trinajstić information content (AvgIpc) is 2.99. The van der Waals surface area contributed by atoms with Gasteiger partial charge in [0.2, 0.25) is 5.88 Å². The Morgan fingerprint density at radius 3 is 2.52 bits per heavy atom. The number of nitrogens with one attached hydrogen (secondary N) is 1. The van der Waals surface area contributed by atoms with Crippen molar-refractivity contribution < 1.29 is 18.3 Å². The molecule has 6 rings (SSSR count). The maximum absolute atomic E-state index is 15.3. The first-order valence-electron chi connectivity index (χ1n) is 12.8. The van der Waals surface area contributed by atoms with Crippen LogP contribution in [0.5, 0.6) is 5.88 Å². The molecule has 202 valence electrons. The molecule has 0 amide bonds. The topological polar surface area (TPSA) is 85.3 Å². The average molecular weight is 541 g/mol. The minimum Gasteiger partial charge on any atom is -0.481 e. The number of morpholine rings is 1. The van der Waals surface area contributed by atoms with E-state index in [9.17, 15) is 4.39 Å². The zero-order valence-electron chi connectivity index (χ0n) is 22.0. The minimum atomic E-state index is -0.716. The van der Waals surface area contributed by atoms with Gasteiger partial charge in [-0.15, -0.1) is 0 Å². The first-order chi connectivity index (χ1) is 19.5. The number of halogens is 2. The van der Waals surface area contributed by atoms with Crippen LogP contribution in [0.1, 0.15) is 5.56 Å². The second-order valence-electron chi connectivity index (χ2n) is 9.31. The van der Waals surface area contributed by atoms with Gasteiger partial charge in [-0.1, -0.05) is 6.07 Å². The fourth-order valence-electron chi connectivity index (χ4n) is 4.92. The van der Waals surface area contributed by atoms with E-state index in [1.807, 2.05) is 31.2 Å². The van der Waals surface area contributed by atoms with Crippen LogP contribution in [0.25, 0.3) is 33.5 Å². The third-order valence-corrected chi connectivity index (χ3v) is 6.85. The Morgan fingerprint density at radius 2 is 1.75 bits per heavy atom. The largest absolute Gasteiger partial charge is 0.481 e. The SMILES string of the molecule is COc1ccc(-c2ncccc2Nc2c(C)c(-c3ccccn3)nc3cc(F)cc(F)c23)c(N2CCOCC2)n1. The van der Waals surface area contributed by atoms with Crippen LogP contribution in [-0.4, -0.2) is 53.3 Å². The van der Waals surface area contributed by atoms with Crippen molar-refractivity contribution in [1.29, 1.82) is 0 Å².